The normalized spacial score (nSPS) is 21.3. The number of aliphatic hydroxyl groups is 1. The summed E-state index contributed by atoms with van der Waals surface area (Å²) < 4.78 is 26.5. The summed E-state index contributed by atoms with van der Waals surface area (Å²) in [5.41, 5.74) is -0.211. The molecule has 0 saturated heterocycles. The van der Waals surface area contributed by atoms with Gasteiger partial charge in [0.05, 0.1) is 5.02 Å². The Bertz CT molecular complexity index is 900. The van der Waals surface area contributed by atoms with Crippen LogP contribution in [0.25, 0.3) is 0 Å². The van der Waals surface area contributed by atoms with Gasteiger partial charge < -0.3 is 25.0 Å². The van der Waals surface area contributed by atoms with Crippen LogP contribution in [0.2, 0.25) is 5.02 Å². The van der Waals surface area contributed by atoms with E-state index in [1.54, 1.807) is 24.3 Å². The number of hydrogen-bond donors (Lipinski definition) is 3. The van der Waals surface area contributed by atoms with E-state index in [1.807, 2.05) is 6.07 Å². The number of halogens is 3. The first-order chi connectivity index (χ1) is 13.8. The lowest BCUT2D eigenvalue weighted by Crippen LogP contribution is -2.47. The molecular formula is C20H20BrClFNO5. The van der Waals surface area contributed by atoms with Crippen LogP contribution in [-0.2, 0) is 10.3 Å². The van der Waals surface area contributed by atoms with E-state index in [0.29, 0.717) is 22.0 Å². The average Bonchev–Trinajstić information content (AvgIpc) is 3.05. The predicted molar refractivity (Wildman–Crippen MR) is 109 cm³/mol. The fraction of sp³-hybridized carbons (Fsp3) is 0.350. The number of rotatable bonds is 7. The molecule has 29 heavy (non-hydrogen) atoms. The highest BCUT2D eigenvalue weighted by molar-refractivity contribution is 9.10. The van der Waals surface area contributed by atoms with Crippen molar-refractivity contribution in [3.05, 3.63) is 62.8 Å². The van der Waals surface area contributed by atoms with Gasteiger partial charge in [0.2, 0.25) is 0 Å². The zero-order valence-corrected chi connectivity index (χ0v) is 17.8. The maximum absolute atomic E-state index is 14.2. The maximum atomic E-state index is 14.2. The van der Waals surface area contributed by atoms with Gasteiger partial charge in [-0.15, -0.1) is 0 Å². The van der Waals surface area contributed by atoms with E-state index in [1.165, 1.54) is 13.2 Å². The number of ether oxygens (including phenoxy) is 2. The third kappa shape index (κ3) is 3.94. The van der Waals surface area contributed by atoms with Gasteiger partial charge in [-0.2, -0.15) is 0 Å². The number of methoxy groups -OCH3 is 1. The lowest BCUT2D eigenvalue weighted by atomic mass is 9.80. The van der Waals surface area contributed by atoms with E-state index in [-0.39, 0.29) is 23.7 Å². The van der Waals surface area contributed by atoms with Crippen LogP contribution in [-0.4, -0.2) is 36.1 Å². The fourth-order valence-corrected chi connectivity index (χ4v) is 4.46. The molecule has 1 aliphatic rings. The van der Waals surface area contributed by atoms with Crippen molar-refractivity contribution in [1.29, 1.82) is 0 Å². The highest BCUT2D eigenvalue weighted by Gasteiger charge is 2.56. The molecule has 0 radical (unpaired) electrons. The molecule has 1 amide bonds. The molecule has 156 valence electrons. The SMILES string of the molecule is CO[C@H]1c2c(cc(F)c(Cl)c2Br)O[C@@]1(c1ccccc1)C(O)CCCNC(=O)O. The summed E-state index contributed by atoms with van der Waals surface area (Å²) in [4.78, 5) is 10.7. The second kappa shape index (κ2) is 8.87. The first-order valence-electron chi connectivity index (χ1n) is 8.92. The van der Waals surface area contributed by atoms with Gasteiger partial charge in [0.1, 0.15) is 23.8 Å². The van der Waals surface area contributed by atoms with E-state index < -0.39 is 29.7 Å². The molecule has 2 aromatic rings. The minimum atomic E-state index is -1.36. The summed E-state index contributed by atoms with van der Waals surface area (Å²) in [6, 6.07) is 10.2. The molecule has 0 aliphatic carbocycles. The predicted octanol–water partition coefficient (Wildman–Crippen LogP) is 4.63. The Kier molecular flexibility index (Phi) is 6.68. The van der Waals surface area contributed by atoms with Crippen LogP contribution in [0.4, 0.5) is 9.18 Å². The summed E-state index contributed by atoms with van der Waals surface area (Å²) in [5.74, 6) is -0.437. The molecule has 1 aliphatic heterocycles. The molecule has 1 unspecified atom stereocenters. The van der Waals surface area contributed by atoms with Gasteiger partial charge in [-0.25, -0.2) is 9.18 Å². The Morgan fingerprint density at radius 1 is 1.45 bits per heavy atom. The average molecular weight is 489 g/mol. The summed E-state index contributed by atoms with van der Waals surface area (Å²) in [5, 5.41) is 22.1. The molecule has 9 heteroatoms. The number of aliphatic hydroxyl groups excluding tert-OH is 1. The second-order valence-corrected chi connectivity index (χ2v) is 7.84. The summed E-state index contributed by atoms with van der Waals surface area (Å²) in [6.07, 6.45) is -2.40. The Balaban J connectivity index is 2.04. The molecule has 0 spiro atoms. The van der Waals surface area contributed by atoms with Gasteiger partial charge in [-0.05, 0) is 28.8 Å². The molecule has 3 N–H and O–H groups in total. The van der Waals surface area contributed by atoms with Crippen molar-refractivity contribution in [2.45, 2.75) is 30.7 Å². The van der Waals surface area contributed by atoms with Crippen LogP contribution in [0, 0.1) is 5.82 Å². The van der Waals surface area contributed by atoms with Crippen LogP contribution >= 0.6 is 27.5 Å². The largest absolute Gasteiger partial charge is 0.476 e. The molecule has 6 nitrogen and oxygen atoms in total. The van der Waals surface area contributed by atoms with Gasteiger partial charge in [0.15, 0.2) is 5.60 Å². The van der Waals surface area contributed by atoms with Crippen LogP contribution < -0.4 is 10.1 Å². The highest BCUT2D eigenvalue weighted by Crippen LogP contribution is 2.56. The summed E-state index contributed by atoms with van der Waals surface area (Å²) in [7, 11) is 1.48. The van der Waals surface area contributed by atoms with Gasteiger partial charge >= 0.3 is 6.09 Å². The zero-order chi connectivity index (χ0) is 21.2. The Morgan fingerprint density at radius 3 is 2.76 bits per heavy atom. The third-order valence-corrected chi connectivity index (χ3v) is 6.40. The van der Waals surface area contributed by atoms with Crippen LogP contribution in [0.5, 0.6) is 5.75 Å². The standard InChI is InChI=1S/C20H20BrClFNO5/c1-28-18-15-13(10-12(23)17(22)16(15)21)29-20(18,11-6-3-2-4-7-11)14(25)8-5-9-24-19(26)27/h2-4,6-7,10,14,18,24-25H,5,8-9H2,1H3,(H,26,27)/t14?,18-,20-/m0/s1. The maximum Gasteiger partial charge on any atom is 0.404 e. The molecule has 0 aromatic heterocycles. The Hall–Kier alpha value is -1.87. The number of carboxylic acid groups (broad SMARTS) is 1. The van der Waals surface area contributed by atoms with Crippen LogP contribution in [0.3, 0.4) is 0 Å². The number of fused-ring (bicyclic) bond motifs is 1. The van der Waals surface area contributed by atoms with E-state index in [9.17, 15) is 14.3 Å². The van der Waals surface area contributed by atoms with E-state index in [4.69, 9.17) is 26.2 Å². The van der Waals surface area contributed by atoms with Crippen molar-refractivity contribution in [2.75, 3.05) is 13.7 Å². The molecule has 0 bridgehead atoms. The van der Waals surface area contributed by atoms with Crippen LogP contribution in [0.15, 0.2) is 40.9 Å². The highest BCUT2D eigenvalue weighted by atomic mass is 79.9. The molecule has 2 aromatic carbocycles. The minimum Gasteiger partial charge on any atom is -0.476 e. The lowest BCUT2D eigenvalue weighted by Gasteiger charge is -2.38. The zero-order valence-electron chi connectivity index (χ0n) is 15.5. The van der Waals surface area contributed by atoms with Gasteiger partial charge in [-0.3, -0.25) is 0 Å². The quantitative estimate of drug-likeness (QED) is 0.391. The molecular weight excluding hydrogens is 469 g/mol. The molecule has 0 saturated carbocycles. The van der Waals surface area contributed by atoms with Gasteiger partial charge in [-0.1, -0.05) is 41.9 Å². The van der Waals surface area contributed by atoms with Crippen molar-refractivity contribution >= 4 is 33.6 Å². The number of nitrogens with one attached hydrogen (secondary N) is 1. The topological polar surface area (TPSA) is 88.0 Å². The molecule has 3 rings (SSSR count). The first-order valence-corrected chi connectivity index (χ1v) is 10.1. The number of amides is 1. The molecule has 3 atom stereocenters. The monoisotopic (exact) mass is 487 g/mol. The number of hydrogen-bond acceptors (Lipinski definition) is 4. The Labute approximate surface area is 180 Å². The van der Waals surface area contributed by atoms with Crippen molar-refractivity contribution in [3.63, 3.8) is 0 Å². The van der Waals surface area contributed by atoms with E-state index in [2.05, 4.69) is 21.2 Å². The van der Waals surface area contributed by atoms with Crippen molar-refractivity contribution < 1.29 is 28.9 Å². The number of carbonyl (C=O) groups is 1. The second-order valence-electron chi connectivity index (χ2n) is 6.67. The molecule has 0 fully saturated rings. The van der Waals surface area contributed by atoms with Gasteiger partial charge in [0, 0.05) is 35.3 Å². The minimum absolute atomic E-state index is 0.0987. The van der Waals surface area contributed by atoms with E-state index in [0.717, 1.165) is 0 Å². The van der Waals surface area contributed by atoms with Crippen molar-refractivity contribution in [3.8, 4) is 5.75 Å². The fourth-order valence-electron chi connectivity index (χ4n) is 3.71. The summed E-state index contributed by atoms with van der Waals surface area (Å²) >= 11 is 9.40. The first kappa shape index (κ1) is 21.8. The van der Waals surface area contributed by atoms with Crippen LogP contribution in [0.1, 0.15) is 30.1 Å². The Morgan fingerprint density at radius 2 is 2.14 bits per heavy atom. The molecule has 1 heterocycles. The van der Waals surface area contributed by atoms with Gasteiger partial charge in [0.25, 0.3) is 0 Å². The smallest absolute Gasteiger partial charge is 0.404 e. The van der Waals surface area contributed by atoms with Crippen molar-refractivity contribution in [2.24, 2.45) is 0 Å². The number of benzene rings is 2. The lowest BCUT2D eigenvalue weighted by molar-refractivity contribution is -0.131. The third-order valence-electron chi connectivity index (χ3n) is 4.98. The summed E-state index contributed by atoms with van der Waals surface area (Å²) in [6.45, 7) is 0.173. The van der Waals surface area contributed by atoms with Crippen molar-refractivity contribution in [1.82, 2.24) is 5.32 Å². The van der Waals surface area contributed by atoms with E-state index >= 15 is 0 Å².